The van der Waals surface area contributed by atoms with Crippen LogP contribution in [0.4, 0.5) is 0 Å². The predicted octanol–water partition coefficient (Wildman–Crippen LogP) is 1.68. The highest BCUT2D eigenvalue weighted by Crippen LogP contribution is 2.24. The van der Waals surface area contributed by atoms with Crippen molar-refractivity contribution >= 4 is 15.9 Å². The van der Waals surface area contributed by atoms with E-state index in [0.717, 1.165) is 22.6 Å². The van der Waals surface area contributed by atoms with E-state index in [9.17, 15) is 13.2 Å². The number of nitrogens with zero attached hydrogens (tertiary/aromatic N) is 2. The fourth-order valence-corrected chi connectivity index (χ4v) is 5.06. The maximum atomic E-state index is 12.8. The first-order chi connectivity index (χ1) is 15.3. The molecule has 8 nitrogen and oxygen atoms in total. The Labute approximate surface area is 190 Å². The van der Waals surface area contributed by atoms with Crippen LogP contribution in [0.25, 0.3) is 0 Å². The molecule has 1 fully saturated rings. The van der Waals surface area contributed by atoms with E-state index in [2.05, 4.69) is 5.32 Å². The number of aryl methyl sites for hydroxylation is 1. The molecular formula is C23H31N3O5S. The molecule has 174 valence electrons. The maximum Gasteiger partial charge on any atom is 0.243 e. The van der Waals surface area contributed by atoms with E-state index in [4.69, 9.17) is 9.47 Å². The Balaban J connectivity index is 1.44. The summed E-state index contributed by atoms with van der Waals surface area (Å²) < 4.78 is 37.7. The summed E-state index contributed by atoms with van der Waals surface area (Å²) >= 11 is 0. The third kappa shape index (κ3) is 5.99. The molecule has 1 N–H and O–H groups in total. The number of amides is 1. The van der Waals surface area contributed by atoms with Crippen molar-refractivity contribution in [3.63, 3.8) is 0 Å². The maximum absolute atomic E-state index is 12.8. The largest absolute Gasteiger partial charge is 0.497 e. The van der Waals surface area contributed by atoms with Gasteiger partial charge in [0.15, 0.2) is 0 Å². The molecule has 0 atom stereocenters. The lowest BCUT2D eigenvalue weighted by atomic mass is 10.1. The third-order valence-corrected chi connectivity index (χ3v) is 7.48. The van der Waals surface area contributed by atoms with Crippen LogP contribution in [-0.4, -0.2) is 77.0 Å². The molecule has 32 heavy (non-hydrogen) atoms. The number of rotatable bonds is 9. The van der Waals surface area contributed by atoms with Gasteiger partial charge in [0.25, 0.3) is 0 Å². The summed E-state index contributed by atoms with van der Waals surface area (Å²) in [6.07, 6.45) is 0.640. The van der Waals surface area contributed by atoms with Crippen LogP contribution in [0, 0.1) is 6.92 Å². The lowest BCUT2D eigenvalue weighted by molar-refractivity contribution is -0.122. The summed E-state index contributed by atoms with van der Waals surface area (Å²) in [7, 11) is -0.292. The van der Waals surface area contributed by atoms with Gasteiger partial charge in [-0.2, -0.15) is 4.31 Å². The topological polar surface area (TPSA) is 88.2 Å². The molecule has 0 saturated carbocycles. The van der Waals surface area contributed by atoms with Crippen LogP contribution >= 0.6 is 0 Å². The molecule has 1 aliphatic heterocycles. The van der Waals surface area contributed by atoms with Gasteiger partial charge >= 0.3 is 0 Å². The normalized spacial score (nSPS) is 15.3. The number of carbonyl (C=O) groups is 1. The molecule has 1 heterocycles. The molecule has 2 aromatic rings. The highest BCUT2D eigenvalue weighted by atomic mass is 32.2. The van der Waals surface area contributed by atoms with Crippen LogP contribution in [-0.2, 0) is 21.2 Å². The van der Waals surface area contributed by atoms with Crippen molar-refractivity contribution in [2.45, 2.75) is 18.2 Å². The molecular weight excluding hydrogens is 430 g/mol. The lowest BCUT2D eigenvalue weighted by Crippen LogP contribution is -2.51. The van der Waals surface area contributed by atoms with E-state index in [1.165, 1.54) is 4.31 Å². The standard InChI is InChI=1S/C23H31N3O5S/c1-18-4-8-21(9-5-18)32(28,29)26-14-12-25(13-15-26)17-23(27)24-11-10-19-6-7-20(30-2)16-22(19)31-3/h4-9,16H,10-15,17H2,1-3H3,(H,24,27). The van der Waals surface area contributed by atoms with Crippen LogP contribution in [0.3, 0.4) is 0 Å². The highest BCUT2D eigenvalue weighted by molar-refractivity contribution is 7.89. The first kappa shape index (κ1) is 24.0. The molecule has 0 aliphatic carbocycles. The first-order valence-electron chi connectivity index (χ1n) is 10.6. The number of nitrogens with one attached hydrogen (secondary N) is 1. The summed E-state index contributed by atoms with van der Waals surface area (Å²) in [4.78, 5) is 14.6. The zero-order valence-corrected chi connectivity index (χ0v) is 19.7. The minimum absolute atomic E-state index is 0.0766. The fourth-order valence-electron chi connectivity index (χ4n) is 3.64. The van der Waals surface area contributed by atoms with E-state index in [1.54, 1.807) is 38.5 Å². The van der Waals surface area contributed by atoms with Gasteiger partial charge in [0.2, 0.25) is 15.9 Å². The molecule has 1 amide bonds. The van der Waals surface area contributed by atoms with Gasteiger partial charge in [-0.25, -0.2) is 8.42 Å². The van der Waals surface area contributed by atoms with Gasteiger partial charge in [-0.15, -0.1) is 0 Å². The average molecular weight is 462 g/mol. The van der Waals surface area contributed by atoms with Crippen molar-refractivity contribution in [3.8, 4) is 11.5 Å². The highest BCUT2D eigenvalue weighted by Gasteiger charge is 2.28. The third-order valence-electron chi connectivity index (χ3n) is 5.57. The van der Waals surface area contributed by atoms with Crippen molar-refractivity contribution in [1.82, 2.24) is 14.5 Å². The Morgan fingerprint density at radius 2 is 1.69 bits per heavy atom. The van der Waals surface area contributed by atoms with E-state index >= 15 is 0 Å². The van der Waals surface area contributed by atoms with E-state index in [-0.39, 0.29) is 12.5 Å². The van der Waals surface area contributed by atoms with Gasteiger partial charge in [0, 0.05) is 38.8 Å². The van der Waals surface area contributed by atoms with Gasteiger partial charge in [0.1, 0.15) is 11.5 Å². The van der Waals surface area contributed by atoms with Gasteiger partial charge in [-0.3, -0.25) is 9.69 Å². The number of benzene rings is 2. The Morgan fingerprint density at radius 1 is 1.00 bits per heavy atom. The van der Waals surface area contributed by atoms with Crippen molar-refractivity contribution in [2.24, 2.45) is 0 Å². The van der Waals surface area contributed by atoms with Crippen LogP contribution < -0.4 is 14.8 Å². The molecule has 0 bridgehead atoms. The number of methoxy groups -OCH3 is 2. The minimum atomic E-state index is -3.50. The molecule has 0 spiro atoms. The molecule has 9 heteroatoms. The lowest BCUT2D eigenvalue weighted by Gasteiger charge is -2.33. The number of piperazine rings is 1. The summed E-state index contributed by atoms with van der Waals surface area (Å²) in [5.74, 6) is 1.37. The van der Waals surface area contributed by atoms with Crippen LogP contribution in [0.15, 0.2) is 47.4 Å². The molecule has 1 aliphatic rings. The quantitative estimate of drug-likeness (QED) is 0.611. The molecule has 0 unspecified atom stereocenters. The second-order valence-corrected chi connectivity index (χ2v) is 9.71. The molecule has 0 radical (unpaired) electrons. The zero-order valence-electron chi connectivity index (χ0n) is 18.8. The molecule has 1 saturated heterocycles. The number of ether oxygens (including phenoxy) is 2. The number of hydrogen-bond acceptors (Lipinski definition) is 6. The SMILES string of the molecule is COc1ccc(CCNC(=O)CN2CCN(S(=O)(=O)c3ccc(C)cc3)CC2)c(OC)c1. The Morgan fingerprint density at radius 3 is 2.31 bits per heavy atom. The Hall–Kier alpha value is -2.62. The van der Waals surface area contributed by atoms with Crippen LogP contribution in [0.1, 0.15) is 11.1 Å². The summed E-state index contributed by atoms with van der Waals surface area (Å²) in [6.45, 7) is 4.43. The Bertz CT molecular complexity index is 1020. The monoisotopic (exact) mass is 461 g/mol. The number of carbonyl (C=O) groups excluding carboxylic acids is 1. The van der Waals surface area contributed by atoms with Crippen LogP contribution in [0.2, 0.25) is 0 Å². The summed E-state index contributed by atoms with van der Waals surface area (Å²) in [5.41, 5.74) is 2.01. The van der Waals surface area contributed by atoms with E-state index in [1.807, 2.05) is 30.0 Å². The van der Waals surface area contributed by atoms with Gasteiger partial charge < -0.3 is 14.8 Å². The first-order valence-corrected chi connectivity index (χ1v) is 12.0. The Kier molecular flexibility index (Phi) is 8.11. The summed E-state index contributed by atoms with van der Waals surface area (Å²) in [5, 5.41) is 2.93. The van der Waals surface area contributed by atoms with E-state index in [0.29, 0.717) is 44.0 Å². The number of sulfonamides is 1. The minimum Gasteiger partial charge on any atom is -0.497 e. The molecule has 3 rings (SSSR count). The average Bonchev–Trinajstić information content (AvgIpc) is 2.80. The van der Waals surface area contributed by atoms with Crippen molar-refractivity contribution < 1.29 is 22.7 Å². The predicted molar refractivity (Wildman–Crippen MR) is 123 cm³/mol. The second kappa shape index (κ2) is 10.8. The van der Waals surface area contributed by atoms with E-state index < -0.39 is 10.0 Å². The molecule has 0 aromatic heterocycles. The van der Waals surface area contributed by atoms with Gasteiger partial charge in [-0.05, 0) is 37.1 Å². The van der Waals surface area contributed by atoms with Gasteiger partial charge in [-0.1, -0.05) is 23.8 Å². The van der Waals surface area contributed by atoms with Crippen molar-refractivity contribution in [1.29, 1.82) is 0 Å². The van der Waals surface area contributed by atoms with Gasteiger partial charge in [0.05, 0.1) is 25.7 Å². The number of hydrogen-bond donors (Lipinski definition) is 1. The zero-order chi connectivity index (χ0) is 23.1. The van der Waals surface area contributed by atoms with Crippen molar-refractivity contribution in [2.75, 3.05) is 53.5 Å². The van der Waals surface area contributed by atoms with Crippen molar-refractivity contribution in [3.05, 3.63) is 53.6 Å². The second-order valence-electron chi connectivity index (χ2n) is 7.77. The van der Waals surface area contributed by atoms with Crippen LogP contribution in [0.5, 0.6) is 11.5 Å². The molecule has 2 aromatic carbocycles. The fraction of sp³-hybridized carbons (Fsp3) is 0.435. The smallest absolute Gasteiger partial charge is 0.243 e. The summed E-state index contributed by atoms with van der Waals surface area (Å²) in [6, 6.07) is 12.5.